The lowest BCUT2D eigenvalue weighted by molar-refractivity contribution is -0.119. The van der Waals surface area contributed by atoms with Gasteiger partial charge in [0.15, 0.2) is 11.5 Å². The molecular weight excluding hydrogens is 893 g/mol. The normalized spacial score (nSPS) is 17.4. The lowest BCUT2D eigenvalue weighted by Gasteiger charge is -2.23. The van der Waals surface area contributed by atoms with Gasteiger partial charge >= 0.3 is 0 Å². The maximum atomic E-state index is 14.1. The summed E-state index contributed by atoms with van der Waals surface area (Å²) in [5.41, 5.74) is 9.89. The van der Waals surface area contributed by atoms with Gasteiger partial charge in [0.25, 0.3) is 11.8 Å². The minimum atomic E-state index is -0.155. The van der Waals surface area contributed by atoms with Crippen molar-refractivity contribution in [2.75, 3.05) is 22.2 Å². The molecule has 5 aromatic carbocycles. The van der Waals surface area contributed by atoms with E-state index >= 15 is 0 Å². The van der Waals surface area contributed by atoms with E-state index in [0.29, 0.717) is 82.9 Å². The second kappa shape index (κ2) is 20.7. The van der Waals surface area contributed by atoms with Crippen molar-refractivity contribution in [1.82, 2.24) is 0 Å². The lowest BCUT2D eigenvalue weighted by atomic mass is 9.99. The number of aliphatic imine (C=N–C) groups is 1. The van der Waals surface area contributed by atoms with Crippen LogP contribution in [-0.4, -0.2) is 59.4 Å². The largest absolute Gasteiger partial charge is 0.493 e. The van der Waals surface area contributed by atoms with Gasteiger partial charge in [-0.3, -0.25) is 29.1 Å². The molecule has 4 heterocycles. The number of para-hydroxylation sites is 2. The van der Waals surface area contributed by atoms with Gasteiger partial charge in [0.1, 0.15) is 24.7 Å². The highest BCUT2D eigenvalue weighted by Crippen LogP contribution is 2.42. The zero-order chi connectivity index (χ0) is 47.5. The second-order valence-corrected chi connectivity index (χ2v) is 21.4. The zero-order valence-corrected chi connectivity index (χ0v) is 41.0. The highest BCUT2D eigenvalue weighted by molar-refractivity contribution is 8.77. The first-order valence-corrected chi connectivity index (χ1v) is 26.0. The van der Waals surface area contributed by atoms with E-state index in [1.54, 1.807) is 34.8 Å². The van der Waals surface area contributed by atoms with Gasteiger partial charge in [-0.1, -0.05) is 78.8 Å². The second-order valence-electron chi connectivity index (χ2n) is 18.3. The monoisotopic (exact) mass is 950 g/mol. The van der Waals surface area contributed by atoms with Crippen LogP contribution in [0.2, 0.25) is 0 Å². The molecule has 4 aliphatic heterocycles. The molecule has 0 radical (unpaired) electrons. The molecule has 0 spiro atoms. The molecule has 4 aliphatic rings. The summed E-state index contributed by atoms with van der Waals surface area (Å²) in [7, 11) is 5.12. The Kier molecular flexibility index (Phi) is 14.3. The number of anilines is 3. The molecule has 0 saturated carbocycles. The van der Waals surface area contributed by atoms with Gasteiger partial charge in [-0.25, -0.2) is 0 Å². The number of fused-ring (bicyclic) bond motifs is 8. The predicted molar refractivity (Wildman–Crippen MR) is 274 cm³/mol. The standard InChI is InChI=1S/C55H58N4O7S2/c1-6-44(60)19-15-34(3)67-68-35(4)16-20-53(61)57-41-23-36(31-65-50-29-47-46(21-33(50)2)55(63)59-43(30-56-47)26-40-12-8-10-14-49(40)59)22-37(24-41)32-66-52-27-38-17-18-42-25-39-11-7-9-13-48(39)58(42)54(62)45(38)28-51(52)64-5/h7-14,21-24,27-30,34-35,42-43H,6,15-20,25-26,31-32H2,1-5H3,(H,57,61)/t34?,35?,42-,43+/m1/s1. The Labute approximate surface area is 406 Å². The van der Waals surface area contributed by atoms with Gasteiger partial charge in [-0.2, -0.15) is 0 Å². The number of nitrogens with zero attached hydrogens (tertiary/aromatic N) is 3. The summed E-state index contributed by atoms with van der Waals surface area (Å²) in [6.45, 7) is 8.44. The third-order valence-electron chi connectivity index (χ3n) is 13.3. The average molecular weight is 951 g/mol. The van der Waals surface area contributed by atoms with Gasteiger partial charge in [0.2, 0.25) is 5.91 Å². The number of amides is 3. The Morgan fingerprint density at radius 3 is 2.10 bits per heavy atom. The summed E-state index contributed by atoms with van der Waals surface area (Å²) in [5.74, 6) is 1.69. The third kappa shape index (κ3) is 10.2. The predicted octanol–water partition coefficient (Wildman–Crippen LogP) is 11.6. The van der Waals surface area contributed by atoms with Crippen LogP contribution in [-0.2, 0) is 42.1 Å². The highest BCUT2D eigenvalue weighted by atomic mass is 33.1. The first-order chi connectivity index (χ1) is 33.0. The molecule has 11 nitrogen and oxygen atoms in total. The van der Waals surface area contributed by atoms with Crippen molar-refractivity contribution in [2.24, 2.45) is 4.99 Å². The van der Waals surface area contributed by atoms with Crippen molar-refractivity contribution < 1.29 is 33.4 Å². The van der Waals surface area contributed by atoms with E-state index in [1.165, 1.54) is 5.56 Å². The van der Waals surface area contributed by atoms with Crippen LogP contribution in [0.25, 0.3) is 0 Å². The van der Waals surface area contributed by atoms with Crippen LogP contribution in [0.1, 0.15) is 113 Å². The van der Waals surface area contributed by atoms with Crippen molar-refractivity contribution in [2.45, 2.75) is 121 Å². The molecule has 4 atom stereocenters. The van der Waals surface area contributed by atoms with Crippen LogP contribution in [0.4, 0.5) is 22.7 Å². The molecule has 68 heavy (non-hydrogen) atoms. The fraction of sp³-hybridized carbons (Fsp3) is 0.364. The number of Topliss-reactive ketones (excluding diaryl/α,β-unsaturated/α-hetero) is 1. The van der Waals surface area contributed by atoms with Crippen molar-refractivity contribution in [3.63, 3.8) is 0 Å². The first kappa shape index (κ1) is 47.0. The fourth-order valence-electron chi connectivity index (χ4n) is 9.61. The van der Waals surface area contributed by atoms with Crippen LogP contribution in [0.3, 0.4) is 0 Å². The Morgan fingerprint density at radius 2 is 1.40 bits per heavy atom. The molecular formula is C55H58N4O7S2. The molecule has 3 amide bonds. The summed E-state index contributed by atoms with van der Waals surface area (Å²) in [6.07, 6.45) is 8.04. The van der Waals surface area contributed by atoms with E-state index < -0.39 is 0 Å². The van der Waals surface area contributed by atoms with Gasteiger partial charge in [0.05, 0.1) is 24.4 Å². The minimum Gasteiger partial charge on any atom is -0.493 e. The molecule has 0 fully saturated rings. The molecule has 9 rings (SSSR count). The number of benzene rings is 5. The van der Waals surface area contributed by atoms with Crippen LogP contribution in [0, 0.1) is 6.92 Å². The van der Waals surface area contributed by atoms with Crippen molar-refractivity contribution in [3.8, 4) is 17.2 Å². The lowest BCUT2D eigenvalue weighted by Crippen LogP contribution is -2.37. The van der Waals surface area contributed by atoms with Gasteiger partial charge in [-0.15, -0.1) is 0 Å². The summed E-state index contributed by atoms with van der Waals surface area (Å²) in [6, 6.07) is 29.4. The summed E-state index contributed by atoms with van der Waals surface area (Å²) >= 11 is 0. The third-order valence-corrected chi connectivity index (χ3v) is 16.9. The van der Waals surface area contributed by atoms with E-state index in [-0.39, 0.29) is 48.3 Å². The van der Waals surface area contributed by atoms with Crippen LogP contribution < -0.4 is 29.3 Å². The first-order valence-electron chi connectivity index (χ1n) is 23.7. The molecule has 2 unspecified atom stereocenters. The number of nitrogens with one attached hydrogen (secondary N) is 1. The minimum absolute atomic E-state index is 0.0268. The van der Waals surface area contributed by atoms with E-state index in [4.69, 9.17) is 19.2 Å². The van der Waals surface area contributed by atoms with Crippen molar-refractivity contribution in [1.29, 1.82) is 0 Å². The van der Waals surface area contributed by atoms with E-state index in [9.17, 15) is 19.2 Å². The molecule has 352 valence electrons. The summed E-state index contributed by atoms with van der Waals surface area (Å²) < 4.78 is 18.9. The number of carbonyl (C=O) groups is 4. The van der Waals surface area contributed by atoms with Crippen LogP contribution in [0.15, 0.2) is 96.0 Å². The van der Waals surface area contributed by atoms with Gasteiger partial charge in [-0.05, 0) is 121 Å². The number of hydrogen-bond donors (Lipinski definition) is 1. The topological polar surface area (TPSA) is 127 Å². The van der Waals surface area contributed by atoms with Crippen LogP contribution in [0.5, 0.6) is 17.2 Å². The van der Waals surface area contributed by atoms with Gasteiger partial charge < -0.3 is 24.4 Å². The van der Waals surface area contributed by atoms with Crippen molar-refractivity contribution in [3.05, 3.63) is 136 Å². The number of carbonyl (C=O) groups excluding carboxylic acids is 4. The van der Waals surface area contributed by atoms with E-state index in [1.807, 2.05) is 103 Å². The number of methoxy groups -OCH3 is 1. The average Bonchev–Trinajstić information content (AvgIpc) is 3.84. The number of aryl methyl sites for hydroxylation is 2. The molecule has 5 aromatic rings. The van der Waals surface area contributed by atoms with E-state index in [2.05, 4.69) is 31.3 Å². The maximum Gasteiger partial charge on any atom is 0.261 e. The smallest absolute Gasteiger partial charge is 0.261 e. The molecule has 0 saturated heterocycles. The summed E-state index contributed by atoms with van der Waals surface area (Å²) in [5, 5.41) is 3.73. The number of rotatable bonds is 18. The quantitative estimate of drug-likeness (QED) is 0.0854. The Balaban J connectivity index is 0.919. The van der Waals surface area contributed by atoms with Crippen molar-refractivity contribution >= 4 is 74.1 Å². The SMILES string of the molecule is CCC(=O)CCC(C)SSC(C)CCC(=O)Nc1cc(COc2cc3c(cc2C)C(=O)N2c4ccccc4C[C@H]2C=N3)cc(COc2cc3c(cc2OC)C(=O)N2c4ccccc4C[C@H]2CC3)c1. The number of ether oxygens (including phenoxy) is 3. The summed E-state index contributed by atoms with van der Waals surface area (Å²) in [4.78, 5) is 62.0. The van der Waals surface area contributed by atoms with Gasteiger partial charge in [0, 0.05) is 77.1 Å². The van der Waals surface area contributed by atoms with E-state index in [0.717, 1.165) is 64.9 Å². The Hall–Kier alpha value is -6.05. The Morgan fingerprint density at radius 1 is 0.750 bits per heavy atom. The molecule has 0 aromatic heterocycles. The number of ketones is 1. The molecule has 0 aliphatic carbocycles. The fourth-order valence-corrected chi connectivity index (χ4v) is 12.1. The molecule has 1 N–H and O–H groups in total. The number of hydrogen-bond acceptors (Lipinski definition) is 10. The molecule has 0 bridgehead atoms. The maximum absolute atomic E-state index is 14.1. The molecule has 13 heteroatoms. The zero-order valence-electron chi connectivity index (χ0n) is 39.3. The van der Waals surface area contributed by atoms with Crippen LogP contribution >= 0.6 is 21.6 Å². The highest BCUT2D eigenvalue weighted by Gasteiger charge is 2.38. The Bertz CT molecular complexity index is 2790.